The molecule has 0 aliphatic heterocycles. The highest BCUT2D eigenvalue weighted by atomic mass is 16.5. The molecule has 31 heavy (non-hydrogen) atoms. The minimum Gasteiger partial charge on any atom is -0.439 e. The Labute approximate surface area is 185 Å². The quantitative estimate of drug-likeness (QED) is 0.451. The number of aliphatic hydroxyl groups is 1. The maximum atomic E-state index is 10.6. The second-order valence-electron chi connectivity index (χ2n) is 8.31. The molecule has 5 heteroatoms. The van der Waals surface area contributed by atoms with Crippen LogP contribution in [-0.2, 0) is 13.6 Å². The zero-order chi connectivity index (χ0) is 22.4. The van der Waals surface area contributed by atoms with E-state index in [2.05, 4.69) is 30.5 Å². The smallest absolute Gasteiger partial charge is 0.222 e. The summed E-state index contributed by atoms with van der Waals surface area (Å²) in [4.78, 5) is 2.23. The molecule has 0 amide bonds. The summed E-state index contributed by atoms with van der Waals surface area (Å²) < 4.78 is 8.15. The van der Waals surface area contributed by atoms with Crippen molar-refractivity contribution in [2.75, 3.05) is 13.1 Å². The van der Waals surface area contributed by atoms with E-state index >= 15 is 0 Å². The summed E-state index contributed by atoms with van der Waals surface area (Å²) in [6.07, 6.45) is 2.57. The minimum atomic E-state index is -0.970. The monoisotopic (exact) mass is 419 g/mol. The lowest BCUT2D eigenvalue weighted by Gasteiger charge is -2.29. The first-order chi connectivity index (χ1) is 14.8. The standard InChI is InChI=1S/C26H33N3O2/c1-6-16-29(19-26(4,30)7-2)18-23-24(21-13-9-8-10-14-21)27-28(5)25(23)31-22-15-11-12-20(3)17-22/h7-15,17,30H,2,6,16,18-19H2,1,3-5H3. The van der Waals surface area contributed by atoms with E-state index in [0.717, 1.165) is 41.1 Å². The van der Waals surface area contributed by atoms with Gasteiger partial charge in [-0.3, -0.25) is 4.90 Å². The third-order valence-electron chi connectivity index (χ3n) is 5.24. The maximum Gasteiger partial charge on any atom is 0.222 e. The lowest BCUT2D eigenvalue weighted by molar-refractivity contribution is 0.0585. The molecule has 0 saturated carbocycles. The molecule has 5 nitrogen and oxygen atoms in total. The normalized spacial score (nSPS) is 13.2. The highest BCUT2D eigenvalue weighted by molar-refractivity contribution is 5.65. The Morgan fingerprint density at radius 3 is 2.58 bits per heavy atom. The molecule has 3 aromatic rings. The Morgan fingerprint density at radius 2 is 1.94 bits per heavy atom. The summed E-state index contributed by atoms with van der Waals surface area (Å²) in [5, 5.41) is 15.4. The summed E-state index contributed by atoms with van der Waals surface area (Å²) >= 11 is 0. The average Bonchev–Trinajstić information content (AvgIpc) is 3.04. The van der Waals surface area contributed by atoms with Gasteiger partial charge in [-0.2, -0.15) is 5.10 Å². The van der Waals surface area contributed by atoms with Gasteiger partial charge in [0.15, 0.2) is 0 Å². The number of rotatable bonds is 10. The molecule has 1 heterocycles. The number of hydrogen-bond acceptors (Lipinski definition) is 4. The van der Waals surface area contributed by atoms with Crippen molar-refractivity contribution >= 4 is 0 Å². The van der Waals surface area contributed by atoms with Gasteiger partial charge in [0.1, 0.15) is 11.4 Å². The zero-order valence-corrected chi connectivity index (χ0v) is 19.0. The second-order valence-corrected chi connectivity index (χ2v) is 8.31. The lowest BCUT2D eigenvalue weighted by Crippen LogP contribution is -2.39. The van der Waals surface area contributed by atoms with Gasteiger partial charge in [0, 0.05) is 25.7 Å². The molecule has 0 saturated heterocycles. The minimum absolute atomic E-state index is 0.483. The fourth-order valence-corrected chi connectivity index (χ4v) is 3.71. The number of hydrogen-bond donors (Lipinski definition) is 1. The molecule has 1 N–H and O–H groups in total. The van der Waals surface area contributed by atoms with Crippen LogP contribution in [0.4, 0.5) is 0 Å². The third-order valence-corrected chi connectivity index (χ3v) is 5.24. The van der Waals surface area contributed by atoms with Crippen molar-refractivity contribution in [3.63, 3.8) is 0 Å². The van der Waals surface area contributed by atoms with Gasteiger partial charge in [-0.1, -0.05) is 55.5 Å². The van der Waals surface area contributed by atoms with Crippen molar-refractivity contribution in [3.8, 4) is 22.9 Å². The highest BCUT2D eigenvalue weighted by Crippen LogP contribution is 2.34. The molecule has 0 aliphatic rings. The van der Waals surface area contributed by atoms with Crippen molar-refractivity contribution in [1.29, 1.82) is 0 Å². The third kappa shape index (κ3) is 5.84. The summed E-state index contributed by atoms with van der Waals surface area (Å²) in [5.41, 5.74) is 3.11. The topological polar surface area (TPSA) is 50.5 Å². The van der Waals surface area contributed by atoms with Crippen molar-refractivity contribution in [2.24, 2.45) is 7.05 Å². The van der Waals surface area contributed by atoms with E-state index in [1.54, 1.807) is 17.7 Å². The molecule has 0 fully saturated rings. The molecule has 2 aromatic carbocycles. The van der Waals surface area contributed by atoms with Crippen LogP contribution in [0.5, 0.6) is 11.6 Å². The molecule has 0 radical (unpaired) electrons. The summed E-state index contributed by atoms with van der Waals surface area (Å²) in [5.74, 6) is 1.49. The number of nitrogens with zero attached hydrogens (tertiary/aromatic N) is 3. The maximum absolute atomic E-state index is 10.6. The highest BCUT2D eigenvalue weighted by Gasteiger charge is 2.25. The van der Waals surface area contributed by atoms with Crippen LogP contribution in [0.2, 0.25) is 0 Å². The van der Waals surface area contributed by atoms with E-state index < -0.39 is 5.60 Å². The zero-order valence-electron chi connectivity index (χ0n) is 19.0. The van der Waals surface area contributed by atoms with Crippen molar-refractivity contribution in [2.45, 2.75) is 39.3 Å². The van der Waals surface area contributed by atoms with Crippen LogP contribution in [0.25, 0.3) is 11.3 Å². The number of ether oxygens (including phenoxy) is 1. The molecule has 3 rings (SSSR count). The van der Waals surface area contributed by atoms with E-state index in [4.69, 9.17) is 9.84 Å². The van der Waals surface area contributed by atoms with Gasteiger partial charge in [0.05, 0.1) is 11.2 Å². The Balaban J connectivity index is 2.04. The molecule has 164 valence electrons. The van der Waals surface area contributed by atoms with Crippen LogP contribution < -0.4 is 4.74 Å². The van der Waals surface area contributed by atoms with Crippen LogP contribution in [0, 0.1) is 6.92 Å². The van der Waals surface area contributed by atoms with E-state index in [9.17, 15) is 5.11 Å². The van der Waals surface area contributed by atoms with Crippen molar-refractivity contribution in [3.05, 3.63) is 78.4 Å². The SMILES string of the molecule is C=CC(C)(O)CN(CCC)Cc1c(-c2ccccc2)nn(C)c1Oc1cccc(C)c1. The molecule has 0 bridgehead atoms. The molecular formula is C26H33N3O2. The van der Waals surface area contributed by atoms with Crippen LogP contribution in [0.15, 0.2) is 67.3 Å². The van der Waals surface area contributed by atoms with Gasteiger partial charge >= 0.3 is 0 Å². The average molecular weight is 420 g/mol. The summed E-state index contributed by atoms with van der Waals surface area (Å²) in [7, 11) is 1.91. The van der Waals surface area contributed by atoms with Crippen LogP contribution in [0.1, 0.15) is 31.4 Å². The Hall–Kier alpha value is -2.89. The molecule has 1 aromatic heterocycles. The van der Waals surface area contributed by atoms with E-state index in [1.807, 2.05) is 56.4 Å². The van der Waals surface area contributed by atoms with E-state index in [1.165, 1.54) is 0 Å². The Kier molecular flexibility index (Phi) is 7.31. The van der Waals surface area contributed by atoms with Crippen LogP contribution in [-0.4, -0.2) is 38.5 Å². The molecule has 1 atom stereocenters. The fourth-order valence-electron chi connectivity index (χ4n) is 3.71. The lowest BCUT2D eigenvalue weighted by atomic mass is 10.0. The van der Waals surface area contributed by atoms with Crippen LogP contribution in [0.3, 0.4) is 0 Å². The van der Waals surface area contributed by atoms with Gasteiger partial charge in [-0.15, -0.1) is 6.58 Å². The summed E-state index contributed by atoms with van der Waals surface area (Å²) in [6, 6.07) is 18.2. The first kappa shape index (κ1) is 22.8. The van der Waals surface area contributed by atoms with Crippen LogP contribution >= 0.6 is 0 Å². The summed E-state index contributed by atoms with van der Waals surface area (Å²) in [6.45, 7) is 11.7. The molecule has 1 unspecified atom stereocenters. The molecule has 0 aliphatic carbocycles. The first-order valence-electron chi connectivity index (χ1n) is 10.8. The fraction of sp³-hybridized carbons (Fsp3) is 0.346. The van der Waals surface area contributed by atoms with Crippen molar-refractivity contribution < 1.29 is 9.84 Å². The van der Waals surface area contributed by atoms with Gasteiger partial charge < -0.3 is 9.84 Å². The number of benzene rings is 2. The molecule has 0 spiro atoms. The van der Waals surface area contributed by atoms with Gasteiger partial charge in [0.2, 0.25) is 5.88 Å². The van der Waals surface area contributed by atoms with E-state index in [-0.39, 0.29) is 0 Å². The number of aromatic nitrogens is 2. The Morgan fingerprint density at radius 1 is 1.19 bits per heavy atom. The predicted octanol–water partition coefficient (Wildman–Crippen LogP) is 5.34. The molecular weight excluding hydrogens is 386 g/mol. The van der Waals surface area contributed by atoms with Crippen molar-refractivity contribution in [1.82, 2.24) is 14.7 Å². The van der Waals surface area contributed by atoms with Gasteiger partial charge in [-0.25, -0.2) is 4.68 Å². The Bertz CT molecular complexity index is 1010. The second kappa shape index (κ2) is 9.94. The van der Waals surface area contributed by atoms with Gasteiger partial charge in [-0.05, 0) is 44.5 Å². The van der Waals surface area contributed by atoms with Gasteiger partial charge in [0.25, 0.3) is 0 Å². The predicted molar refractivity (Wildman–Crippen MR) is 126 cm³/mol. The first-order valence-corrected chi connectivity index (χ1v) is 10.8. The van der Waals surface area contributed by atoms with E-state index in [0.29, 0.717) is 19.0 Å². The number of aryl methyl sites for hydroxylation is 2. The largest absolute Gasteiger partial charge is 0.439 e.